The summed E-state index contributed by atoms with van der Waals surface area (Å²) in [5, 5.41) is 5.47. The number of thiophene rings is 1. The standard InChI is InChI=1S/C16H15ClN2S/c1-16(2,3)11-4-5-13-12(8-11)14(17)19-15(18-13)10-6-7-20-9-10/h4-9H,1-3H3. The van der Waals surface area contributed by atoms with Crippen LogP contribution in [0.25, 0.3) is 22.3 Å². The summed E-state index contributed by atoms with van der Waals surface area (Å²) in [6.07, 6.45) is 0. The lowest BCUT2D eigenvalue weighted by molar-refractivity contribution is 0.591. The highest BCUT2D eigenvalue weighted by Gasteiger charge is 2.16. The molecule has 20 heavy (non-hydrogen) atoms. The van der Waals surface area contributed by atoms with E-state index in [-0.39, 0.29) is 5.41 Å². The number of fused-ring (bicyclic) bond motifs is 1. The molecule has 3 rings (SSSR count). The Morgan fingerprint density at radius 3 is 2.55 bits per heavy atom. The van der Waals surface area contributed by atoms with Crippen LogP contribution in [0.3, 0.4) is 0 Å². The zero-order valence-electron chi connectivity index (χ0n) is 11.6. The molecule has 0 N–H and O–H groups in total. The van der Waals surface area contributed by atoms with Crippen LogP contribution in [0.1, 0.15) is 26.3 Å². The van der Waals surface area contributed by atoms with Crippen molar-refractivity contribution < 1.29 is 0 Å². The first-order valence-electron chi connectivity index (χ1n) is 6.45. The Labute approximate surface area is 127 Å². The van der Waals surface area contributed by atoms with Gasteiger partial charge in [-0.2, -0.15) is 11.3 Å². The average molecular weight is 303 g/mol. The monoisotopic (exact) mass is 302 g/mol. The van der Waals surface area contributed by atoms with Crippen molar-refractivity contribution in [3.05, 3.63) is 45.7 Å². The second-order valence-electron chi connectivity index (χ2n) is 5.83. The first kappa shape index (κ1) is 13.5. The summed E-state index contributed by atoms with van der Waals surface area (Å²) in [4.78, 5) is 9.04. The van der Waals surface area contributed by atoms with Gasteiger partial charge >= 0.3 is 0 Å². The third kappa shape index (κ3) is 2.43. The zero-order chi connectivity index (χ0) is 14.3. The summed E-state index contributed by atoms with van der Waals surface area (Å²) < 4.78 is 0. The van der Waals surface area contributed by atoms with Crippen LogP contribution in [0.4, 0.5) is 0 Å². The molecule has 2 heterocycles. The molecule has 0 aliphatic heterocycles. The van der Waals surface area contributed by atoms with E-state index < -0.39 is 0 Å². The van der Waals surface area contributed by atoms with Crippen LogP contribution in [-0.2, 0) is 5.41 Å². The summed E-state index contributed by atoms with van der Waals surface area (Å²) in [5.74, 6) is 0.687. The zero-order valence-corrected chi connectivity index (χ0v) is 13.2. The van der Waals surface area contributed by atoms with E-state index in [2.05, 4.69) is 42.9 Å². The Bertz CT molecular complexity index is 758. The molecule has 0 bridgehead atoms. The fourth-order valence-corrected chi connectivity index (χ4v) is 2.94. The van der Waals surface area contributed by atoms with Gasteiger partial charge in [-0.05, 0) is 34.6 Å². The Hall–Kier alpha value is -1.45. The molecule has 102 valence electrons. The molecule has 0 spiro atoms. The number of hydrogen-bond acceptors (Lipinski definition) is 3. The van der Waals surface area contributed by atoms with Crippen LogP contribution >= 0.6 is 22.9 Å². The van der Waals surface area contributed by atoms with Crippen molar-refractivity contribution in [2.75, 3.05) is 0 Å². The van der Waals surface area contributed by atoms with Gasteiger partial charge in [0.1, 0.15) is 5.15 Å². The normalized spacial score (nSPS) is 12.0. The number of aromatic nitrogens is 2. The minimum atomic E-state index is 0.0869. The van der Waals surface area contributed by atoms with Crippen LogP contribution < -0.4 is 0 Å². The third-order valence-corrected chi connectivity index (χ3v) is 4.27. The summed E-state index contributed by atoms with van der Waals surface area (Å²) in [7, 11) is 0. The van der Waals surface area contributed by atoms with E-state index in [0.29, 0.717) is 11.0 Å². The first-order chi connectivity index (χ1) is 9.45. The van der Waals surface area contributed by atoms with Crippen molar-refractivity contribution in [1.82, 2.24) is 9.97 Å². The largest absolute Gasteiger partial charge is 0.228 e. The van der Waals surface area contributed by atoms with Crippen LogP contribution in [0.5, 0.6) is 0 Å². The highest BCUT2D eigenvalue weighted by atomic mass is 35.5. The molecular formula is C16H15ClN2S. The van der Waals surface area contributed by atoms with Gasteiger partial charge in [-0.25, -0.2) is 9.97 Å². The van der Waals surface area contributed by atoms with Crippen LogP contribution in [0.15, 0.2) is 35.0 Å². The number of nitrogens with zero attached hydrogens (tertiary/aromatic N) is 2. The molecule has 3 aromatic rings. The Morgan fingerprint density at radius 2 is 1.90 bits per heavy atom. The Morgan fingerprint density at radius 1 is 1.10 bits per heavy atom. The molecule has 2 nitrogen and oxygen atoms in total. The van der Waals surface area contributed by atoms with Gasteiger partial charge in [-0.3, -0.25) is 0 Å². The summed E-state index contributed by atoms with van der Waals surface area (Å²) >= 11 is 7.98. The lowest BCUT2D eigenvalue weighted by Crippen LogP contribution is -2.10. The lowest BCUT2D eigenvalue weighted by atomic mass is 9.86. The molecule has 1 aromatic carbocycles. The fourth-order valence-electron chi connectivity index (χ4n) is 2.08. The molecule has 0 amide bonds. The predicted octanol–water partition coefficient (Wildman–Crippen LogP) is 5.31. The van der Waals surface area contributed by atoms with Crippen molar-refractivity contribution in [2.24, 2.45) is 0 Å². The van der Waals surface area contributed by atoms with E-state index in [1.54, 1.807) is 11.3 Å². The van der Waals surface area contributed by atoms with Crippen molar-refractivity contribution in [3.63, 3.8) is 0 Å². The maximum absolute atomic E-state index is 6.35. The summed E-state index contributed by atoms with van der Waals surface area (Å²) in [6, 6.07) is 8.24. The van der Waals surface area contributed by atoms with Gasteiger partial charge in [0, 0.05) is 16.3 Å². The molecular weight excluding hydrogens is 288 g/mol. The molecule has 0 fully saturated rings. The molecule has 0 aliphatic carbocycles. The molecule has 4 heteroatoms. The topological polar surface area (TPSA) is 25.8 Å². The van der Waals surface area contributed by atoms with E-state index in [1.807, 2.05) is 22.9 Å². The molecule has 0 radical (unpaired) electrons. The average Bonchev–Trinajstić information content (AvgIpc) is 2.91. The number of benzene rings is 1. The van der Waals surface area contributed by atoms with E-state index in [0.717, 1.165) is 16.5 Å². The van der Waals surface area contributed by atoms with Gasteiger partial charge in [-0.15, -0.1) is 0 Å². The second-order valence-corrected chi connectivity index (χ2v) is 6.97. The quantitative estimate of drug-likeness (QED) is 0.569. The Kier molecular flexibility index (Phi) is 3.27. The van der Waals surface area contributed by atoms with E-state index >= 15 is 0 Å². The van der Waals surface area contributed by atoms with Gasteiger partial charge in [0.25, 0.3) is 0 Å². The summed E-state index contributed by atoms with van der Waals surface area (Å²) in [6.45, 7) is 6.55. The predicted molar refractivity (Wildman–Crippen MR) is 86.6 cm³/mol. The van der Waals surface area contributed by atoms with Gasteiger partial charge in [0.2, 0.25) is 0 Å². The van der Waals surface area contributed by atoms with Gasteiger partial charge < -0.3 is 0 Å². The molecule has 0 atom stereocenters. The third-order valence-electron chi connectivity index (χ3n) is 3.29. The van der Waals surface area contributed by atoms with Gasteiger partial charge in [-0.1, -0.05) is 38.4 Å². The van der Waals surface area contributed by atoms with Crippen molar-refractivity contribution in [2.45, 2.75) is 26.2 Å². The van der Waals surface area contributed by atoms with Crippen molar-refractivity contribution in [3.8, 4) is 11.4 Å². The number of rotatable bonds is 1. The number of halogens is 1. The maximum atomic E-state index is 6.35. The van der Waals surface area contributed by atoms with Crippen molar-refractivity contribution >= 4 is 33.8 Å². The number of hydrogen-bond donors (Lipinski definition) is 0. The van der Waals surface area contributed by atoms with Crippen LogP contribution in [0, 0.1) is 0 Å². The maximum Gasteiger partial charge on any atom is 0.162 e. The van der Waals surface area contributed by atoms with Crippen LogP contribution in [-0.4, -0.2) is 9.97 Å². The van der Waals surface area contributed by atoms with E-state index in [9.17, 15) is 0 Å². The molecule has 2 aromatic heterocycles. The minimum Gasteiger partial charge on any atom is -0.228 e. The Balaban J connectivity index is 2.20. The van der Waals surface area contributed by atoms with E-state index in [4.69, 9.17) is 11.6 Å². The van der Waals surface area contributed by atoms with Gasteiger partial charge in [0.05, 0.1) is 5.52 Å². The van der Waals surface area contributed by atoms with Crippen molar-refractivity contribution in [1.29, 1.82) is 0 Å². The minimum absolute atomic E-state index is 0.0869. The highest BCUT2D eigenvalue weighted by Crippen LogP contribution is 2.30. The fraction of sp³-hybridized carbons (Fsp3) is 0.250. The molecule has 0 saturated heterocycles. The highest BCUT2D eigenvalue weighted by molar-refractivity contribution is 7.08. The smallest absolute Gasteiger partial charge is 0.162 e. The second kappa shape index (κ2) is 4.83. The first-order valence-corrected chi connectivity index (χ1v) is 7.77. The lowest BCUT2D eigenvalue weighted by Gasteiger charge is -2.19. The molecule has 0 unspecified atom stereocenters. The van der Waals surface area contributed by atoms with Gasteiger partial charge in [0.15, 0.2) is 5.82 Å². The molecule has 0 aliphatic rings. The van der Waals surface area contributed by atoms with Crippen LogP contribution in [0.2, 0.25) is 5.15 Å². The molecule has 0 saturated carbocycles. The SMILES string of the molecule is CC(C)(C)c1ccc2nc(-c3ccsc3)nc(Cl)c2c1. The van der Waals surface area contributed by atoms with E-state index in [1.165, 1.54) is 5.56 Å². The summed E-state index contributed by atoms with van der Waals surface area (Å²) in [5.41, 5.74) is 3.22.